The third-order valence-corrected chi connectivity index (χ3v) is 6.75. The molecule has 0 radical (unpaired) electrons. The van der Waals surface area contributed by atoms with Gasteiger partial charge in [0.05, 0.1) is 0 Å². The number of anilines is 1. The van der Waals surface area contributed by atoms with Gasteiger partial charge in [-0.3, -0.25) is 4.79 Å². The minimum Gasteiger partial charge on any atom is -0.489 e. The predicted octanol–water partition coefficient (Wildman–Crippen LogP) is 5.63. The van der Waals surface area contributed by atoms with E-state index in [1.165, 1.54) is 0 Å². The minimum absolute atomic E-state index is 0.0776. The maximum absolute atomic E-state index is 13.3. The molecule has 0 saturated carbocycles. The molecule has 0 bridgehead atoms. The number of carbonyl (C=O) groups excluding carboxylic acids is 1. The summed E-state index contributed by atoms with van der Waals surface area (Å²) in [6.07, 6.45) is 1.34. The van der Waals surface area contributed by atoms with Crippen molar-refractivity contribution >= 4 is 23.5 Å². The number of carbonyl (C=O) groups is 1. The number of aromatic nitrogens is 3. The third kappa shape index (κ3) is 4.42. The lowest BCUT2D eigenvalue weighted by Gasteiger charge is -2.38. The molecule has 0 spiro atoms. The van der Waals surface area contributed by atoms with Crippen LogP contribution >= 0.6 is 11.8 Å². The van der Waals surface area contributed by atoms with Crippen molar-refractivity contribution in [3.05, 3.63) is 77.0 Å². The molecular weight excluding hydrogens is 432 g/mol. The number of benzene rings is 2. The van der Waals surface area contributed by atoms with E-state index in [4.69, 9.17) is 14.8 Å². The Morgan fingerprint density at radius 3 is 2.61 bits per heavy atom. The van der Waals surface area contributed by atoms with Crippen LogP contribution in [-0.4, -0.2) is 26.3 Å². The summed E-state index contributed by atoms with van der Waals surface area (Å²) in [6.45, 7) is 6.88. The molecule has 6 nitrogen and oxygen atoms in total. The van der Waals surface area contributed by atoms with E-state index in [0.717, 1.165) is 45.5 Å². The zero-order valence-electron chi connectivity index (χ0n) is 19.2. The number of Topliss-reactive ketones (excluding diaryl/α,β-unsaturated/α-hetero) is 1. The molecule has 7 heteroatoms. The Morgan fingerprint density at radius 1 is 1.12 bits per heavy atom. The molecular formula is C26H28N4O2S. The second-order valence-corrected chi connectivity index (χ2v) is 10.5. The highest BCUT2D eigenvalue weighted by Gasteiger charge is 2.41. The lowest BCUT2D eigenvalue weighted by atomic mass is 9.73. The maximum Gasteiger partial charge on any atom is 0.227 e. The molecule has 1 aliphatic heterocycles. The lowest BCUT2D eigenvalue weighted by molar-refractivity contribution is -0.118. The summed E-state index contributed by atoms with van der Waals surface area (Å²) in [5.74, 6) is 2.56. The number of hydrogen-bond donors (Lipinski definition) is 1. The van der Waals surface area contributed by atoms with Gasteiger partial charge in [0.1, 0.15) is 18.4 Å². The number of allylic oxidation sites excluding steroid dienone is 2. The van der Waals surface area contributed by atoms with Crippen LogP contribution < -0.4 is 10.1 Å². The normalized spacial score (nSPS) is 19.0. The fraction of sp³-hybridized carbons (Fsp3) is 0.346. The molecule has 1 unspecified atom stereocenters. The van der Waals surface area contributed by atoms with E-state index in [2.05, 4.69) is 26.1 Å². The Hall–Kier alpha value is -3.06. The minimum atomic E-state index is -0.290. The highest BCUT2D eigenvalue weighted by Crippen LogP contribution is 2.45. The van der Waals surface area contributed by atoms with Gasteiger partial charge in [0.2, 0.25) is 11.1 Å². The number of rotatable bonds is 6. The molecule has 0 amide bonds. The van der Waals surface area contributed by atoms with Gasteiger partial charge in [0, 0.05) is 17.7 Å². The maximum atomic E-state index is 13.3. The van der Waals surface area contributed by atoms with Crippen LogP contribution in [0.2, 0.25) is 0 Å². The number of nitrogens with one attached hydrogen (secondary N) is 1. The first-order valence-corrected chi connectivity index (χ1v) is 12.3. The first-order chi connectivity index (χ1) is 15.9. The van der Waals surface area contributed by atoms with Gasteiger partial charge in [-0.05, 0) is 40.8 Å². The van der Waals surface area contributed by atoms with Gasteiger partial charge in [0.15, 0.2) is 5.78 Å². The average Bonchev–Trinajstić information content (AvgIpc) is 3.19. The molecule has 2 heterocycles. The standard InChI is InChI=1S/C26H28N4O2S/c1-4-33-25-28-24-27-20-14-26(2,3)15-21(31)22(20)23(30(24)29-25)18-10-12-19(13-11-18)32-16-17-8-6-5-7-9-17/h5-13,23H,4,14-16H2,1-3H3,(H,27,28,29). The van der Waals surface area contributed by atoms with Gasteiger partial charge in [-0.2, -0.15) is 4.98 Å². The molecule has 33 heavy (non-hydrogen) atoms. The third-order valence-electron chi connectivity index (χ3n) is 6.03. The van der Waals surface area contributed by atoms with Crippen LogP contribution in [-0.2, 0) is 11.4 Å². The molecule has 2 aliphatic rings. The quantitative estimate of drug-likeness (QED) is 0.481. The van der Waals surface area contributed by atoms with E-state index < -0.39 is 0 Å². The van der Waals surface area contributed by atoms with Gasteiger partial charge in [-0.25, -0.2) is 4.68 Å². The lowest BCUT2D eigenvalue weighted by Crippen LogP contribution is -2.36. The molecule has 3 aromatic rings. The monoisotopic (exact) mass is 460 g/mol. The molecule has 5 rings (SSSR count). The van der Waals surface area contributed by atoms with E-state index >= 15 is 0 Å². The summed E-state index contributed by atoms with van der Waals surface area (Å²) in [5, 5.41) is 8.89. The number of thioether (sulfide) groups is 1. The highest BCUT2D eigenvalue weighted by atomic mass is 32.2. The Balaban J connectivity index is 1.48. The van der Waals surface area contributed by atoms with Gasteiger partial charge in [0.25, 0.3) is 0 Å². The van der Waals surface area contributed by atoms with E-state index in [-0.39, 0.29) is 17.2 Å². The molecule has 1 aliphatic carbocycles. The van der Waals surface area contributed by atoms with Crippen LogP contribution in [0, 0.1) is 5.41 Å². The van der Waals surface area contributed by atoms with Crippen molar-refractivity contribution < 1.29 is 9.53 Å². The molecule has 170 valence electrons. The summed E-state index contributed by atoms with van der Waals surface area (Å²) in [5.41, 5.74) is 3.82. The van der Waals surface area contributed by atoms with Crippen molar-refractivity contribution in [3.63, 3.8) is 0 Å². The van der Waals surface area contributed by atoms with Crippen molar-refractivity contribution in [3.8, 4) is 5.75 Å². The molecule has 1 aromatic heterocycles. The van der Waals surface area contributed by atoms with E-state index in [9.17, 15) is 4.79 Å². The molecule has 2 aromatic carbocycles. The van der Waals surface area contributed by atoms with Crippen molar-refractivity contribution in [1.29, 1.82) is 0 Å². The Morgan fingerprint density at radius 2 is 1.88 bits per heavy atom. The number of hydrogen-bond acceptors (Lipinski definition) is 6. The van der Waals surface area contributed by atoms with Crippen LogP contribution in [0.4, 0.5) is 5.95 Å². The van der Waals surface area contributed by atoms with E-state index in [1.807, 2.05) is 59.3 Å². The van der Waals surface area contributed by atoms with Crippen LogP contribution in [0.5, 0.6) is 5.75 Å². The van der Waals surface area contributed by atoms with Crippen molar-refractivity contribution in [2.75, 3.05) is 11.1 Å². The average molecular weight is 461 g/mol. The largest absolute Gasteiger partial charge is 0.489 e. The van der Waals surface area contributed by atoms with Gasteiger partial charge in [-0.1, -0.05) is 75.0 Å². The summed E-state index contributed by atoms with van der Waals surface area (Å²) >= 11 is 1.60. The predicted molar refractivity (Wildman–Crippen MR) is 130 cm³/mol. The van der Waals surface area contributed by atoms with Gasteiger partial charge in [-0.15, -0.1) is 5.10 Å². The van der Waals surface area contributed by atoms with Crippen molar-refractivity contribution in [2.24, 2.45) is 5.41 Å². The van der Waals surface area contributed by atoms with Crippen molar-refractivity contribution in [1.82, 2.24) is 14.8 Å². The van der Waals surface area contributed by atoms with Crippen LogP contribution in [0.3, 0.4) is 0 Å². The van der Waals surface area contributed by atoms with E-state index in [0.29, 0.717) is 19.0 Å². The molecule has 0 saturated heterocycles. The topological polar surface area (TPSA) is 69.0 Å². The summed E-state index contributed by atoms with van der Waals surface area (Å²) in [7, 11) is 0. The molecule has 1 N–H and O–H groups in total. The fourth-order valence-corrected chi connectivity index (χ4v) is 5.13. The zero-order chi connectivity index (χ0) is 23.0. The molecule has 1 atom stereocenters. The number of ketones is 1. The van der Waals surface area contributed by atoms with Gasteiger partial charge >= 0.3 is 0 Å². The second kappa shape index (κ2) is 8.71. The fourth-order valence-electron chi connectivity index (χ4n) is 4.58. The van der Waals surface area contributed by atoms with Crippen LogP contribution in [0.1, 0.15) is 50.8 Å². The Kier molecular flexibility index (Phi) is 5.74. The first-order valence-electron chi connectivity index (χ1n) is 11.3. The summed E-state index contributed by atoms with van der Waals surface area (Å²) in [6, 6.07) is 17.8. The second-order valence-electron chi connectivity index (χ2n) is 9.30. The van der Waals surface area contributed by atoms with Gasteiger partial charge < -0.3 is 10.1 Å². The SMILES string of the molecule is CCSc1nc2n(n1)C(c1ccc(OCc3ccccc3)cc1)C1=C(CC(C)(C)CC1=O)N2. The summed E-state index contributed by atoms with van der Waals surface area (Å²) < 4.78 is 7.83. The Bertz CT molecular complexity index is 1200. The number of ether oxygens (including phenoxy) is 1. The van der Waals surface area contributed by atoms with E-state index in [1.54, 1.807) is 11.8 Å². The highest BCUT2D eigenvalue weighted by molar-refractivity contribution is 7.99. The zero-order valence-corrected chi connectivity index (χ0v) is 20.0. The van der Waals surface area contributed by atoms with Crippen LogP contribution in [0.25, 0.3) is 0 Å². The Labute approximate surface area is 198 Å². The summed E-state index contributed by atoms with van der Waals surface area (Å²) in [4.78, 5) is 18.0. The number of fused-ring (bicyclic) bond motifs is 1. The first kappa shape index (κ1) is 21.8. The molecule has 0 fully saturated rings. The number of nitrogens with zero attached hydrogens (tertiary/aromatic N) is 3. The van der Waals surface area contributed by atoms with Crippen molar-refractivity contribution in [2.45, 2.75) is 51.4 Å². The van der Waals surface area contributed by atoms with Crippen LogP contribution in [0.15, 0.2) is 71.0 Å². The smallest absolute Gasteiger partial charge is 0.227 e.